The number of hydrazone groups is 1. The van der Waals surface area contributed by atoms with Crippen LogP contribution in [0.3, 0.4) is 0 Å². The number of rotatable bonds is 4. The highest BCUT2D eigenvalue weighted by atomic mass is 79.9. The van der Waals surface area contributed by atoms with Gasteiger partial charge in [0.15, 0.2) is 11.5 Å². The van der Waals surface area contributed by atoms with Gasteiger partial charge in [-0.15, -0.1) is 11.3 Å². The Morgan fingerprint density at radius 3 is 2.88 bits per heavy atom. The maximum atomic E-state index is 12.4. The first kappa shape index (κ1) is 18.7. The summed E-state index contributed by atoms with van der Waals surface area (Å²) in [6.45, 7) is 1.99. The number of nitrogens with one attached hydrogen (secondary N) is 1. The maximum Gasteiger partial charge on any atom is 0.283 e. The summed E-state index contributed by atoms with van der Waals surface area (Å²) in [5.41, 5.74) is 4.22. The Hall–Kier alpha value is -2.09. The number of phenols is 1. The van der Waals surface area contributed by atoms with Gasteiger partial charge in [-0.1, -0.05) is 23.7 Å². The highest BCUT2D eigenvalue weighted by Gasteiger charge is 2.16. The topological polar surface area (TPSA) is 70.9 Å². The Kier molecular flexibility index (Phi) is 5.50. The second-order valence-electron chi connectivity index (χ2n) is 5.50. The molecule has 26 heavy (non-hydrogen) atoms. The number of hydrogen-bond acceptors (Lipinski definition) is 5. The minimum Gasteiger partial charge on any atom is -0.503 e. The monoisotopic (exact) mass is 452 g/mol. The molecule has 0 fully saturated rings. The van der Waals surface area contributed by atoms with E-state index in [1.54, 1.807) is 12.1 Å². The van der Waals surface area contributed by atoms with Gasteiger partial charge in [-0.2, -0.15) is 5.10 Å². The third-order valence-electron chi connectivity index (χ3n) is 3.64. The second kappa shape index (κ2) is 7.65. The lowest BCUT2D eigenvalue weighted by Gasteiger charge is -2.06. The lowest BCUT2D eigenvalue weighted by atomic mass is 10.2. The molecule has 1 aromatic heterocycles. The number of methoxy groups -OCH3 is 1. The van der Waals surface area contributed by atoms with Gasteiger partial charge in [0, 0.05) is 10.1 Å². The van der Waals surface area contributed by atoms with E-state index in [-0.39, 0.29) is 11.7 Å². The summed E-state index contributed by atoms with van der Waals surface area (Å²) >= 11 is 10.9. The van der Waals surface area contributed by atoms with Crippen LogP contribution < -0.4 is 10.2 Å². The molecule has 1 heterocycles. The molecule has 0 bridgehead atoms. The number of hydrogen-bond donors (Lipinski definition) is 2. The van der Waals surface area contributed by atoms with Gasteiger partial charge >= 0.3 is 0 Å². The molecule has 8 heteroatoms. The van der Waals surface area contributed by atoms with Crippen LogP contribution in [0.2, 0.25) is 5.02 Å². The molecule has 3 aromatic rings. The Balaban J connectivity index is 1.80. The fourth-order valence-corrected chi connectivity index (χ4v) is 4.32. The van der Waals surface area contributed by atoms with Crippen LogP contribution in [-0.4, -0.2) is 24.3 Å². The van der Waals surface area contributed by atoms with Gasteiger partial charge in [0.25, 0.3) is 5.91 Å². The molecule has 2 aromatic carbocycles. The first-order valence-corrected chi connectivity index (χ1v) is 9.48. The SMILES string of the molecule is COc1cc(/C=N/NC(=O)c2sc3cc(C)ccc3c2Cl)cc(Br)c1O. The highest BCUT2D eigenvalue weighted by Crippen LogP contribution is 2.36. The minimum absolute atomic E-state index is 0.000960. The zero-order chi connectivity index (χ0) is 18.8. The molecule has 0 radical (unpaired) electrons. The number of ether oxygens (including phenoxy) is 1. The van der Waals surface area contributed by atoms with Crippen LogP contribution in [-0.2, 0) is 0 Å². The number of amides is 1. The quantitative estimate of drug-likeness (QED) is 0.426. The smallest absolute Gasteiger partial charge is 0.283 e. The van der Waals surface area contributed by atoms with Crippen molar-refractivity contribution in [2.45, 2.75) is 6.92 Å². The molecule has 134 valence electrons. The molecule has 0 aliphatic heterocycles. The molecule has 5 nitrogen and oxygen atoms in total. The van der Waals surface area contributed by atoms with Gasteiger partial charge in [0.05, 0.1) is 22.8 Å². The van der Waals surface area contributed by atoms with Crippen LogP contribution in [0.15, 0.2) is 39.9 Å². The Morgan fingerprint density at radius 1 is 1.38 bits per heavy atom. The van der Waals surface area contributed by atoms with Crippen LogP contribution in [0, 0.1) is 6.92 Å². The van der Waals surface area contributed by atoms with Crippen molar-refractivity contribution in [3.63, 3.8) is 0 Å². The average molecular weight is 454 g/mol. The van der Waals surface area contributed by atoms with Crippen molar-refractivity contribution >= 4 is 61.1 Å². The standard InChI is InChI=1S/C18H14BrClN2O3S/c1-9-3-4-11-14(5-9)26-17(15(11)20)18(24)22-21-8-10-6-12(19)16(23)13(7-10)25-2/h3-8,23H,1-2H3,(H,22,24)/b21-8+. The van der Waals surface area contributed by atoms with Crippen LogP contribution in [0.25, 0.3) is 10.1 Å². The molecule has 0 saturated carbocycles. The predicted molar refractivity (Wildman–Crippen MR) is 109 cm³/mol. The number of halogens is 2. The number of carbonyl (C=O) groups excluding carboxylic acids is 1. The van der Waals surface area contributed by atoms with Gasteiger partial charge in [-0.05, 0) is 52.2 Å². The normalized spacial score (nSPS) is 11.2. The zero-order valence-corrected chi connectivity index (χ0v) is 17.0. The van der Waals surface area contributed by atoms with Crippen molar-refractivity contribution < 1.29 is 14.6 Å². The molecular formula is C18H14BrClN2O3S. The number of carbonyl (C=O) groups is 1. The van der Waals surface area contributed by atoms with Gasteiger partial charge in [-0.3, -0.25) is 4.79 Å². The first-order chi connectivity index (χ1) is 12.4. The Morgan fingerprint density at radius 2 is 2.15 bits per heavy atom. The molecule has 0 aliphatic carbocycles. The van der Waals surface area contributed by atoms with Crippen LogP contribution in [0.5, 0.6) is 11.5 Å². The molecular weight excluding hydrogens is 440 g/mol. The van der Waals surface area contributed by atoms with E-state index in [0.29, 0.717) is 25.7 Å². The van der Waals surface area contributed by atoms with Crippen LogP contribution in [0.4, 0.5) is 0 Å². The van der Waals surface area contributed by atoms with Crippen LogP contribution >= 0.6 is 38.9 Å². The van der Waals surface area contributed by atoms with Gasteiger partial charge in [-0.25, -0.2) is 5.43 Å². The van der Waals surface area contributed by atoms with Gasteiger partial charge in [0.2, 0.25) is 0 Å². The fourth-order valence-electron chi connectivity index (χ4n) is 2.36. The van der Waals surface area contributed by atoms with Crippen molar-refractivity contribution in [2.24, 2.45) is 5.10 Å². The van der Waals surface area contributed by atoms with Gasteiger partial charge < -0.3 is 9.84 Å². The number of fused-ring (bicyclic) bond motifs is 1. The summed E-state index contributed by atoms with van der Waals surface area (Å²) in [7, 11) is 1.45. The molecule has 2 N–H and O–H groups in total. The molecule has 0 atom stereocenters. The number of aryl methyl sites for hydroxylation is 1. The second-order valence-corrected chi connectivity index (χ2v) is 7.78. The molecule has 0 aliphatic rings. The molecule has 0 unspecified atom stereocenters. The van der Waals surface area contributed by atoms with Crippen molar-refractivity contribution in [3.05, 3.63) is 55.8 Å². The number of aromatic hydroxyl groups is 1. The number of benzene rings is 2. The molecule has 0 saturated heterocycles. The zero-order valence-electron chi connectivity index (χ0n) is 13.8. The molecule has 3 rings (SSSR count). The van der Waals surface area contributed by atoms with Crippen molar-refractivity contribution in [3.8, 4) is 11.5 Å². The summed E-state index contributed by atoms with van der Waals surface area (Å²) in [5.74, 6) is -0.0778. The molecule has 0 spiro atoms. The lowest BCUT2D eigenvalue weighted by Crippen LogP contribution is -2.16. The number of thiophene rings is 1. The van der Waals surface area contributed by atoms with E-state index in [1.807, 2.05) is 25.1 Å². The highest BCUT2D eigenvalue weighted by molar-refractivity contribution is 9.10. The number of nitrogens with zero attached hydrogens (tertiary/aromatic N) is 1. The average Bonchev–Trinajstić information content (AvgIpc) is 2.93. The van der Waals surface area contributed by atoms with Crippen molar-refractivity contribution in [2.75, 3.05) is 7.11 Å². The first-order valence-electron chi connectivity index (χ1n) is 7.49. The van der Waals surface area contributed by atoms with Gasteiger partial charge in [0.1, 0.15) is 4.88 Å². The lowest BCUT2D eigenvalue weighted by molar-refractivity contribution is 0.0959. The third kappa shape index (κ3) is 3.70. The van der Waals surface area contributed by atoms with E-state index in [1.165, 1.54) is 24.7 Å². The van der Waals surface area contributed by atoms with Crippen LogP contribution in [0.1, 0.15) is 20.8 Å². The van der Waals surface area contributed by atoms with Crippen molar-refractivity contribution in [1.82, 2.24) is 5.43 Å². The number of phenolic OH excluding ortho intramolecular Hbond substituents is 1. The van der Waals surface area contributed by atoms with E-state index in [9.17, 15) is 9.90 Å². The largest absolute Gasteiger partial charge is 0.503 e. The minimum atomic E-state index is -0.380. The fraction of sp³-hybridized carbons (Fsp3) is 0.111. The van der Waals surface area contributed by atoms with E-state index < -0.39 is 0 Å². The predicted octanol–water partition coefficient (Wildman–Crippen LogP) is 5.10. The maximum absolute atomic E-state index is 12.4. The van der Waals surface area contributed by atoms with E-state index in [0.717, 1.165) is 15.6 Å². The summed E-state index contributed by atoms with van der Waals surface area (Å²) in [6, 6.07) is 9.11. The Bertz CT molecular complexity index is 1030. The summed E-state index contributed by atoms with van der Waals surface area (Å²) in [5, 5.41) is 15.0. The van der Waals surface area contributed by atoms with Crippen molar-refractivity contribution in [1.29, 1.82) is 0 Å². The van der Waals surface area contributed by atoms with E-state index in [2.05, 4.69) is 26.5 Å². The molecule has 1 amide bonds. The summed E-state index contributed by atoms with van der Waals surface area (Å²) in [6.07, 6.45) is 1.45. The van der Waals surface area contributed by atoms with E-state index in [4.69, 9.17) is 16.3 Å². The third-order valence-corrected chi connectivity index (χ3v) is 5.90. The summed E-state index contributed by atoms with van der Waals surface area (Å²) < 4.78 is 6.50. The van der Waals surface area contributed by atoms with E-state index >= 15 is 0 Å². The Labute approximate surface area is 167 Å². The summed E-state index contributed by atoms with van der Waals surface area (Å²) in [4.78, 5) is 12.8.